The second-order valence-corrected chi connectivity index (χ2v) is 5.20. The maximum absolute atomic E-state index is 4.21. The first-order valence-corrected chi connectivity index (χ1v) is 6.84. The van der Waals surface area contributed by atoms with Gasteiger partial charge in [-0.15, -0.1) is 11.8 Å². The molecule has 0 fully saturated rings. The summed E-state index contributed by atoms with van der Waals surface area (Å²) in [5.74, 6) is 1.72. The third-order valence-electron chi connectivity index (χ3n) is 2.43. The van der Waals surface area contributed by atoms with Crippen LogP contribution in [0.2, 0.25) is 0 Å². The van der Waals surface area contributed by atoms with Crippen LogP contribution in [0.4, 0.5) is 0 Å². The van der Waals surface area contributed by atoms with Crippen molar-refractivity contribution in [2.24, 2.45) is 5.92 Å². The number of hydrogen-bond donors (Lipinski definition) is 1. The SMILES string of the molecule is CCCNC(CSc1ccncn1)C(C)C. The summed E-state index contributed by atoms with van der Waals surface area (Å²) in [6, 6.07) is 2.52. The maximum atomic E-state index is 4.21. The number of rotatable bonds is 7. The average molecular weight is 239 g/mol. The van der Waals surface area contributed by atoms with Crippen LogP contribution in [-0.4, -0.2) is 28.3 Å². The van der Waals surface area contributed by atoms with Gasteiger partial charge in [-0.25, -0.2) is 9.97 Å². The first-order valence-electron chi connectivity index (χ1n) is 5.86. The number of nitrogens with zero attached hydrogens (tertiary/aromatic N) is 2. The molecule has 90 valence electrons. The summed E-state index contributed by atoms with van der Waals surface area (Å²) in [6.45, 7) is 7.80. The van der Waals surface area contributed by atoms with Gasteiger partial charge in [0.2, 0.25) is 0 Å². The molecule has 1 atom stereocenters. The van der Waals surface area contributed by atoms with Crippen LogP contribution in [0.5, 0.6) is 0 Å². The Bertz CT molecular complexity index is 277. The fraction of sp³-hybridized carbons (Fsp3) is 0.667. The van der Waals surface area contributed by atoms with Gasteiger partial charge in [-0.3, -0.25) is 0 Å². The number of thioether (sulfide) groups is 1. The van der Waals surface area contributed by atoms with Crippen LogP contribution in [0.25, 0.3) is 0 Å². The van der Waals surface area contributed by atoms with Gasteiger partial charge in [0, 0.05) is 18.0 Å². The molecule has 0 saturated heterocycles. The molecule has 0 aliphatic heterocycles. The lowest BCUT2D eigenvalue weighted by molar-refractivity contribution is 0.434. The lowest BCUT2D eigenvalue weighted by Gasteiger charge is -2.21. The fourth-order valence-electron chi connectivity index (χ4n) is 1.36. The quantitative estimate of drug-likeness (QED) is 0.586. The fourth-order valence-corrected chi connectivity index (χ4v) is 2.49. The van der Waals surface area contributed by atoms with Crippen LogP contribution in [0, 0.1) is 5.92 Å². The molecule has 1 unspecified atom stereocenters. The standard InChI is InChI=1S/C12H21N3S/c1-4-6-14-11(10(2)3)8-16-12-5-7-13-9-15-12/h5,7,9-11,14H,4,6,8H2,1-3H3. The van der Waals surface area contributed by atoms with E-state index in [1.54, 1.807) is 24.3 Å². The summed E-state index contributed by atoms with van der Waals surface area (Å²) in [7, 11) is 0. The monoisotopic (exact) mass is 239 g/mol. The second kappa shape index (κ2) is 7.63. The molecular weight excluding hydrogens is 218 g/mol. The van der Waals surface area contributed by atoms with E-state index < -0.39 is 0 Å². The van der Waals surface area contributed by atoms with Crippen LogP contribution >= 0.6 is 11.8 Å². The molecule has 16 heavy (non-hydrogen) atoms. The van der Waals surface area contributed by atoms with Crippen molar-refractivity contribution < 1.29 is 0 Å². The van der Waals surface area contributed by atoms with Crippen molar-refractivity contribution in [1.82, 2.24) is 15.3 Å². The van der Waals surface area contributed by atoms with Crippen molar-refractivity contribution in [3.8, 4) is 0 Å². The highest BCUT2D eigenvalue weighted by Gasteiger charge is 2.12. The Kier molecular flexibility index (Phi) is 6.42. The van der Waals surface area contributed by atoms with Gasteiger partial charge >= 0.3 is 0 Å². The Balaban J connectivity index is 2.38. The zero-order valence-electron chi connectivity index (χ0n) is 10.3. The summed E-state index contributed by atoms with van der Waals surface area (Å²) < 4.78 is 0. The van der Waals surface area contributed by atoms with Crippen molar-refractivity contribution in [3.63, 3.8) is 0 Å². The van der Waals surface area contributed by atoms with E-state index in [0.717, 1.165) is 17.3 Å². The summed E-state index contributed by atoms with van der Waals surface area (Å²) in [5.41, 5.74) is 0. The van der Waals surface area contributed by atoms with Gasteiger partial charge in [0.1, 0.15) is 6.33 Å². The Morgan fingerprint density at radius 1 is 1.44 bits per heavy atom. The van der Waals surface area contributed by atoms with Crippen molar-refractivity contribution in [2.75, 3.05) is 12.3 Å². The summed E-state index contributed by atoms with van der Waals surface area (Å²) in [4.78, 5) is 8.13. The van der Waals surface area contributed by atoms with Crippen molar-refractivity contribution in [2.45, 2.75) is 38.3 Å². The minimum absolute atomic E-state index is 0.555. The molecule has 1 N–H and O–H groups in total. The van der Waals surface area contributed by atoms with Crippen LogP contribution < -0.4 is 5.32 Å². The van der Waals surface area contributed by atoms with Gasteiger partial charge in [-0.2, -0.15) is 0 Å². The third-order valence-corrected chi connectivity index (χ3v) is 3.49. The average Bonchev–Trinajstić information content (AvgIpc) is 2.30. The van der Waals surface area contributed by atoms with E-state index >= 15 is 0 Å². The Hall–Kier alpha value is -0.610. The van der Waals surface area contributed by atoms with Gasteiger partial charge in [0.05, 0.1) is 5.03 Å². The van der Waals surface area contributed by atoms with Crippen molar-refractivity contribution in [3.05, 3.63) is 18.6 Å². The molecule has 0 spiro atoms. The maximum Gasteiger partial charge on any atom is 0.116 e. The smallest absolute Gasteiger partial charge is 0.116 e. The van der Waals surface area contributed by atoms with E-state index in [1.807, 2.05) is 6.07 Å². The van der Waals surface area contributed by atoms with E-state index in [4.69, 9.17) is 0 Å². The summed E-state index contributed by atoms with van der Waals surface area (Å²) >= 11 is 1.79. The van der Waals surface area contributed by atoms with E-state index in [9.17, 15) is 0 Å². The van der Waals surface area contributed by atoms with Gasteiger partial charge in [-0.1, -0.05) is 20.8 Å². The largest absolute Gasteiger partial charge is 0.313 e. The van der Waals surface area contributed by atoms with Gasteiger partial charge in [0.25, 0.3) is 0 Å². The summed E-state index contributed by atoms with van der Waals surface area (Å²) in [5, 5.41) is 4.63. The topological polar surface area (TPSA) is 37.8 Å². The highest BCUT2D eigenvalue weighted by Crippen LogP contribution is 2.17. The van der Waals surface area contributed by atoms with Crippen LogP contribution in [-0.2, 0) is 0 Å². The van der Waals surface area contributed by atoms with Gasteiger partial charge < -0.3 is 5.32 Å². The molecule has 4 heteroatoms. The highest BCUT2D eigenvalue weighted by atomic mass is 32.2. The normalized spacial score (nSPS) is 13.0. The Morgan fingerprint density at radius 2 is 2.25 bits per heavy atom. The van der Waals surface area contributed by atoms with Crippen molar-refractivity contribution >= 4 is 11.8 Å². The molecule has 1 aromatic rings. The summed E-state index contributed by atoms with van der Waals surface area (Å²) in [6.07, 6.45) is 4.58. The predicted octanol–water partition coefficient (Wildman–Crippen LogP) is 2.59. The molecule has 0 aromatic carbocycles. The van der Waals surface area contributed by atoms with Crippen LogP contribution in [0.15, 0.2) is 23.6 Å². The molecule has 3 nitrogen and oxygen atoms in total. The molecule has 1 heterocycles. The number of nitrogens with one attached hydrogen (secondary N) is 1. The first kappa shape index (κ1) is 13.5. The molecule has 0 amide bonds. The number of aromatic nitrogens is 2. The van der Waals surface area contributed by atoms with Gasteiger partial charge in [-0.05, 0) is 24.9 Å². The Morgan fingerprint density at radius 3 is 2.81 bits per heavy atom. The van der Waals surface area contributed by atoms with Gasteiger partial charge in [0.15, 0.2) is 0 Å². The lowest BCUT2D eigenvalue weighted by atomic mass is 10.1. The molecule has 0 bridgehead atoms. The van der Waals surface area contributed by atoms with E-state index in [1.165, 1.54) is 6.42 Å². The molecule has 0 saturated carbocycles. The minimum Gasteiger partial charge on any atom is -0.313 e. The molecule has 0 aliphatic carbocycles. The highest BCUT2D eigenvalue weighted by molar-refractivity contribution is 7.99. The molecule has 0 aliphatic rings. The van der Waals surface area contributed by atoms with E-state index in [2.05, 4.69) is 36.1 Å². The Labute approximate surface area is 102 Å². The zero-order valence-corrected chi connectivity index (χ0v) is 11.1. The van der Waals surface area contributed by atoms with Crippen LogP contribution in [0.3, 0.4) is 0 Å². The first-order chi connectivity index (χ1) is 7.74. The third kappa shape index (κ3) is 4.94. The minimum atomic E-state index is 0.555. The van der Waals surface area contributed by atoms with E-state index in [0.29, 0.717) is 12.0 Å². The molecule has 1 aromatic heterocycles. The van der Waals surface area contributed by atoms with Crippen molar-refractivity contribution in [1.29, 1.82) is 0 Å². The number of hydrogen-bond acceptors (Lipinski definition) is 4. The van der Waals surface area contributed by atoms with Crippen LogP contribution in [0.1, 0.15) is 27.2 Å². The second-order valence-electron chi connectivity index (χ2n) is 4.16. The van der Waals surface area contributed by atoms with E-state index in [-0.39, 0.29) is 0 Å². The molecular formula is C12H21N3S. The zero-order chi connectivity index (χ0) is 11.8. The molecule has 1 rings (SSSR count). The predicted molar refractivity (Wildman–Crippen MR) is 69.7 cm³/mol. The molecule has 0 radical (unpaired) electrons. The lowest BCUT2D eigenvalue weighted by Crippen LogP contribution is -2.36.